The first-order valence-electron chi connectivity index (χ1n) is 15.4. The number of nitrogens with zero attached hydrogens (tertiary/aromatic N) is 4. The maximum Gasteiger partial charge on any atom is 0.417 e. The lowest BCUT2D eigenvalue weighted by Crippen LogP contribution is -2.46. The van der Waals surface area contributed by atoms with E-state index in [2.05, 4.69) is 27.8 Å². The number of hydrogen-bond donors (Lipinski definition) is 2. The predicted octanol–water partition coefficient (Wildman–Crippen LogP) is 5.14. The fourth-order valence-corrected chi connectivity index (χ4v) is 5.60. The third-order valence-electron chi connectivity index (χ3n) is 8.21. The first-order chi connectivity index (χ1) is 22.9. The maximum atomic E-state index is 14.1. The molecule has 3 N–H and O–H groups in total. The van der Waals surface area contributed by atoms with Gasteiger partial charge in [-0.05, 0) is 68.7 Å². The molecular weight excluding hydrogens is 709 g/mol. The Morgan fingerprint density at radius 1 is 1.16 bits per heavy atom. The molecule has 1 aliphatic heterocycles. The molecule has 0 saturated carbocycles. The van der Waals surface area contributed by atoms with E-state index in [9.17, 15) is 32.3 Å². The number of carbonyl (C=O) groups is 3. The van der Waals surface area contributed by atoms with E-state index in [1.807, 2.05) is 0 Å². The molecule has 2 heterocycles. The van der Waals surface area contributed by atoms with Gasteiger partial charge in [0.25, 0.3) is 17.4 Å². The van der Waals surface area contributed by atoms with Gasteiger partial charge in [-0.3, -0.25) is 19.2 Å². The highest BCUT2D eigenvalue weighted by atomic mass is 79.9. The average molecular weight is 748 g/mol. The van der Waals surface area contributed by atoms with Crippen LogP contribution in [0.4, 0.5) is 19.1 Å². The summed E-state index contributed by atoms with van der Waals surface area (Å²) in [6.07, 6.45) is -2.95. The van der Waals surface area contributed by atoms with E-state index in [0.29, 0.717) is 16.9 Å². The molecule has 262 valence electrons. The van der Waals surface area contributed by atoms with Crippen LogP contribution in [0.25, 0.3) is 5.69 Å². The number of aromatic nitrogens is 2. The summed E-state index contributed by atoms with van der Waals surface area (Å²) in [6.45, 7) is 10.4. The van der Waals surface area contributed by atoms with Gasteiger partial charge in [0.2, 0.25) is 5.95 Å². The molecule has 0 fully saturated rings. The third-order valence-corrected chi connectivity index (χ3v) is 8.91. The van der Waals surface area contributed by atoms with E-state index in [1.54, 1.807) is 45.9 Å². The van der Waals surface area contributed by atoms with Crippen molar-refractivity contribution in [1.29, 1.82) is 0 Å². The highest BCUT2D eigenvalue weighted by Crippen LogP contribution is 2.36. The van der Waals surface area contributed by atoms with Crippen LogP contribution in [-0.4, -0.2) is 69.0 Å². The Bertz CT molecular complexity index is 1810. The maximum absolute atomic E-state index is 14.1. The molecule has 11 nitrogen and oxygen atoms in total. The molecule has 0 radical (unpaired) electrons. The zero-order valence-corrected chi connectivity index (χ0v) is 29.3. The number of alkyl halides is 3. The van der Waals surface area contributed by atoms with Crippen LogP contribution in [0.15, 0.2) is 64.4 Å². The number of benzene rings is 2. The summed E-state index contributed by atoms with van der Waals surface area (Å²) in [4.78, 5) is 60.0. The average Bonchev–Trinajstić information content (AvgIpc) is 3.06. The Kier molecular flexibility index (Phi) is 11.4. The highest BCUT2D eigenvalue weighted by molar-refractivity contribution is 9.10. The number of amides is 2. The minimum atomic E-state index is -4.66. The summed E-state index contributed by atoms with van der Waals surface area (Å²) in [5.41, 5.74) is 5.61. The Hall–Kier alpha value is -4.50. The molecule has 4 rings (SSSR count). The zero-order chi connectivity index (χ0) is 36.4. The fraction of sp³-hybridized carbons (Fsp3) is 0.382. The largest absolute Gasteiger partial charge is 0.443 e. The lowest BCUT2D eigenvalue weighted by Gasteiger charge is -2.35. The molecule has 2 aromatic carbocycles. The molecule has 15 heteroatoms. The Labute approximate surface area is 290 Å². The number of nitrogens with two attached hydrogens (primary N) is 1. The Morgan fingerprint density at radius 3 is 2.39 bits per heavy atom. The molecular formula is C34H38BrF3N6O5. The number of anilines is 1. The van der Waals surface area contributed by atoms with Gasteiger partial charge < -0.3 is 25.6 Å². The second-order valence-corrected chi connectivity index (χ2v) is 13.1. The number of hydrogen-bond acceptors (Lipinski definition) is 8. The van der Waals surface area contributed by atoms with Crippen molar-refractivity contribution in [2.75, 3.05) is 19.1 Å². The minimum Gasteiger partial charge on any atom is -0.443 e. The lowest BCUT2D eigenvalue weighted by atomic mass is 9.98. The summed E-state index contributed by atoms with van der Waals surface area (Å²) < 4.78 is 47.0. The van der Waals surface area contributed by atoms with Gasteiger partial charge in [-0.1, -0.05) is 35.9 Å². The second-order valence-electron chi connectivity index (χ2n) is 12.3. The van der Waals surface area contributed by atoms with Gasteiger partial charge in [0, 0.05) is 40.3 Å². The van der Waals surface area contributed by atoms with Crippen LogP contribution in [0, 0.1) is 5.92 Å². The van der Waals surface area contributed by atoms with E-state index < -0.39 is 47.2 Å². The van der Waals surface area contributed by atoms with Crippen molar-refractivity contribution in [3.05, 3.63) is 97.9 Å². The van der Waals surface area contributed by atoms with Gasteiger partial charge in [0.15, 0.2) is 6.73 Å². The second kappa shape index (κ2) is 14.9. The topological polar surface area (TPSA) is 140 Å². The highest BCUT2D eigenvalue weighted by Gasteiger charge is 2.36. The molecule has 49 heavy (non-hydrogen) atoms. The van der Waals surface area contributed by atoms with Gasteiger partial charge in [-0.2, -0.15) is 13.2 Å². The van der Waals surface area contributed by atoms with E-state index in [0.717, 1.165) is 6.07 Å². The van der Waals surface area contributed by atoms with Gasteiger partial charge in [-0.25, -0.2) is 9.55 Å². The van der Waals surface area contributed by atoms with Crippen LogP contribution in [-0.2, 0) is 28.7 Å². The molecule has 1 aromatic heterocycles. The van der Waals surface area contributed by atoms with Gasteiger partial charge in [-0.15, -0.1) is 6.58 Å². The van der Waals surface area contributed by atoms with Crippen molar-refractivity contribution in [1.82, 2.24) is 19.4 Å². The number of rotatable bonds is 10. The third kappa shape index (κ3) is 8.21. The van der Waals surface area contributed by atoms with Crippen molar-refractivity contribution in [3.63, 3.8) is 0 Å². The van der Waals surface area contributed by atoms with Crippen molar-refractivity contribution in [2.45, 2.75) is 65.0 Å². The van der Waals surface area contributed by atoms with Gasteiger partial charge >= 0.3 is 12.1 Å². The molecule has 3 unspecified atom stereocenters. The molecule has 1 aliphatic rings. The van der Waals surface area contributed by atoms with Crippen LogP contribution in [0.1, 0.15) is 65.2 Å². The van der Waals surface area contributed by atoms with Crippen LogP contribution in [0.5, 0.6) is 0 Å². The van der Waals surface area contributed by atoms with E-state index in [-0.39, 0.29) is 53.2 Å². The zero-order valence-electron chi connectivity index (χ0n) is 27.7. The summed E-state index contributed by atoms with van der Waals surface area (Å²) in [5, 5.41) is 3.13. The fourth-order valence-electron chi connectivity index (χ4n) is 5.13. The molecule has 0 bridgehead atoms. The number of fused-ring (bicyclic) bond motifs is 1. The molecule has 2 amide bonds. The van der Waals surface area contributed by atoms with Crippen LogP contribution in [0.2, 0.25) is 0 Å². The predicted molar refractivity (Wildman–Crippen MR) is 181 cm³/mol. The molecule has 0 saturated heterocycles. The number of nitrogens with one attached hydrogen (secondary N) is 1. The van der Waals surface area contributed by atoms with Crippen LogP contribution in [0.3, 0.4) is 0 Å². The van der Waals surface area contributed by atoms with Crippen molar-refractivity contribution < 1.29 is 32.3 Å². The van der Waals surface area contributed by atoms with Gasteiger partial charge in [0.1, 0.15) is 6.04 Å². The first kappa shape index (κ1) is 37.3. The summed E-state index contributed by atoms with van der Waals surface area (Å²) in [7, 11) is 1.47. The summed E-state index contributed by atoms with van der Waals surface area (Å²) in [5.74, 6) is -1.67. The Morgan fingerprint density at radius 2 is 1.80 bits per heavy atom. The smallest absolute Gasteiger partial charge is 0.417 e. The first-order valence-corrected chi connectivity index (χ1v) is 16.2. The summed E-state index contributed by atoms with van der Waals surface area (Å²) in [6, 6.07) is 7.83. The van der Waals surface area contributed by atoms with Crippen molar-refractivity contribution in [3.8, 4) is 5.69 Å². The number of ether oxygens (including phenoxy) is 1. The van der Waals surface area contributed by atoms with E-state index >= 15 is 0 Å². The minimum absolute atomic E-state index is 0.105. The lowest BCUT2D eigenvalue weighted by molar-refractivity contribution is -0.149. The van der Waals surface area contributed by atoms with Crippen molar-refractivity contribution in [2.24, 2.45) is 11.7 Å². The quantitative estimate of drug-likeness (QED) is 0.165. The normalized spacial score (nSPS) is 15.7. The number of carbonyl (C=O) groups excluding carboxylic acids is 3. The van der Waals surface area contributed by atoms with Crippen LogP contribution < -0.4 is 16.6 Å². The molecule has 0 aliphatic carbocycles. The van der Waals surface area contributed by atoms with Crippen LogP contribution >= 0.6 is 15.9 Å². The molecule has 0 spiro atoms. The van der Waals surface area contributed by atoms with Gasteiger partial charge in [0.05, 0.1) is 23.5 Å². The molecule has 3 atom stereocenters. The monoisotopic (exact) mass is 746 g/mol. The molecule has 3 aromatic rings. The standard InChI is InChI=1S/C34H38BrF3N6O5/c1-7-19(4)40-33-41-27-16-43(30(46)22-10-13-26(35)25(15-22)34(36,37)38)20(5)14-24(27)31(47)44(33)23-11-8-21(9-12-23)29(45)42(6)17-49-32(48)28(39)18(2)3/h7-13,15,18-20,28H,1,14,16-17,39H2,2-6H3,(H,40,41). The Balaban J connectivity index is 1.64. The number of esters is 1. The van der Waals surface area contributed by atoms with E-state index in [4.69, 9.17) is 15.5 Å². The van der Waals surface area contributed by atoms with Crippen molar-refractivity contribution >= 4 is 39.7 Å². The SMILES string of the molecule is C=CC(C)Nc1nc2c(c(=O)n1-c1ccc(C(=O)N(C)COC(=O)C(N)C(C)C)cc1)CC(C)N(C(=O)c1ccc(Br)c(C(F)(F)F)c1)C2. The van der Waals surface area contributed by atoms with E-state index in [1.165, 1.54) is 45.7 Å². The summed E-state index contributed by atoms with van der Waals surface area (Å²) >= 11 is 2.90. The number of halogens is 4.